The van der Waals surface area contributed by atoms with Gasteiger partial charge in [0.15, 0.2) is 0 Å². The van der Waals surface area contributed by atoms with Crippen molar-refractivity contribution in [3.8, 4) is 22.3 Å². The number of anilines is 2. The van der Waals surface area contributed by atoms with Gasteiger partial charge in [-0.05, 0) is 79.5 Å². The summed E-state index contributed by atoms with van der Waals surface area (Å²) < 4.78 is 0. The van der Waals surface area contributed by atoms with Gasteiger partial charge in [0, 0.05) is 11.4 Å². The normalized spacial score (nSPS) is 16.4. The number of hydrogen-bond acceptors (Lipinski definition) is 1. The van der Waals surface area contributed by atoms with Crippen molar-refractivity contribution in [3.05, 3.63) is 156 Å². The Labute approximate surface area is 210 Å². The predicted octanol–water partition coefficient (Wildman–Crippen LogP) is 8.93. The van der Waals surface area contributed by atoms with Crippen LogP contribution in [-0.2, 0) is 5.41 Å². The number of hydrogen-bond donors (Lipinski definition) is 1. The van der Waals surface area contributed by atoms with Crippen molar-refractivity contribution >= 4 is 22.1 Å². The smallest absolute Gasteiger partial charge is 0.0725 e. The van der Waals surface area contributed by atoms with Gasteiger partial charge in [-0.3, -0.25) is 0 Å². The molecule has 1 heteroatoms. The first kappa shape index (κ1) is 19.7. The molecule has 8 rings (SSSR count). The topological polar surface area (TPSA) is 12.0 Å². The third kappa shape index (κ3) is 2.44. The van der Waals surface area contributed by atoms with Gasteiger partial charge in [-0.2, -0.15) is 0 Å². The van der Waals surface area contributed by atoms with Crippen LogP contribution in [0.1, 0.15) is 22.3 Å². The van der Waals surface area contributed by atoms with Gasteiger partial charge in [0.2, 0.25) is 0 Å². The summed E-state index contributed by atoms with van der Waals surface area (Å²) in [5, 5.41) is 6.22. The second-order valence-corrected chi connectivity index (χ2v) is 9.80. The van der Waals surface area contributed by atoms with Gasteiger partial charge in [0.05, 0.1) is 5.41 Å². The molecule has 6 aromatic carbocycles. The van der Waals surface area contributed by atoms with Gasteiger partial charge in [0.1, 0.15) is 0 Å². The first-order valence-electron chi connectivity index (χ1n) is 12.5. The van der Waals surface area contributed by atoms with Crippen LogP contribution in [0.3, 0.4) is 0 Å². The highest BCUT2D eigenvalue weighted by molar-refractivity contribution is 6.06. The third-order valence-corrected chi connectivity index (χ3v) is 8.04. The molecule has 1 spiro atoms. The number of para-hydroxylation sites is 1. The van der Waals surface area contributed by atoms with E-state index in [1.807, 2.05) is 6.07 Å². The van der Waals surface area contributed by atoms with Crippen molar-refractivity contribution in [2.24, 2.45) is 0 Å². The summed E-state index contributed by atoms with van der Waals surface area (Å²) >= 11 is 0. The van der Waals surface area contributed by atoms with Gasteiger partial charge in [-0.15, -0.1) is 0 Å². The molecule has 0 bridgehead atoms. The zero-order chi connectivity index (χ0) is 23.7. The maximum absolute atomic E-state index is 3.61. The highest BCUT2D eigenvalue weighted by atomic mass is 14.9. The van der Waals surface area contributed by atoms with Gasteiger partial charge in [-0.25, -0.2) is 0 Å². The second-order valence-electron chi connectivity index (χ2n) is 9.80. The molecule has 0 radical (unpaired) electrons. The maximum atomic E-state index is 3.61. The number of benzene rings is 6. The molecule has 1 atom stereocenters. The van der Waals surface area contributed by atoms with E-state index in [-0.39, 0.29) is 5.41 Å². The fourth-order valence-corrected chi connectivity index (χ4v) is 6.68. The van der Waals surface area contributed by atoms with E-state index in [1.165, 1.54) is 55.3 Å². The van der Waals surface area contributed by atoms with E-state index in [9.17, 15) is 0 Å². The molecule has 0 saturated heterocycles. The lowest BCUT2D eigenvalue weighted by Crippen LogP contribution is -2.25. The van der Waals surface area contributed by atoms with Crippen LogP contribution in [0, 0.1) is 0 Å². The Bertz CT molecular complexity index is 1810. The number of fused-ring (bicyclic) bond motifs is 12. The molecule has 2 aliphatic carbocycles. The molecule has 0 saturated carbocycles. The minimum Gasteiger partial charge on any atom is -0.356 e. The van der Waals surface area contributed by atoms with E-state index in [0.717, 1.165) is 11.4 Å². The molecule has 0 aliphatic heterocycles. The molecule has 0 aromatic heterocycles. The highest BCUT2D eigenvalue weighted by Crippen LogP contribution is 2.63. The lowest BCUT2D eigenvalue weighted by molar-refractivity contribution is 0.794. The Kier molecular flexibility index (Phi) is 3.93. The quantitative estimate of drug-likeness (QED) is 0.273. The summed E-state index contributed by atoms with van der Waals surface area (Å²) in [6.45, 7) is 0. The summed E-state index contributed by atoms with van der Waals surface area (Å²) in [7, 11) is 0. The fourth-order valence-electron chi connectivity index (χ4n) is 6.68. The SMILES string of the molecule is c1ccc(Nc2ccc3c(c2)-c2ccccc2C32c3ccccc3-c3c2ccc2ccccc32)cc1. The first-order valence-corrected chi connectivity index (χ1v) is 12.5. The van der Waals surface area contributed by atoms with Gasteiger partial charge in [-0.1, -0.05) is 109 Å². The first-order chi connectivity index (χ1) is 17.9. The minimum absolute atomic E-state index is 0.312. The molecule has 6 aromatic rings. The van der Waals surface area contributed by atoms with Crippen molar-refractivity contribution in [2.75, 3.05) is 5.32 Å². The standard InChI is InChI=1S/C35H23N/c1-2-11-24(12-3-1)36-25-19-21-32-29(22-25)27-14-6-8-16-30(27)35(32)31-17-9-7-15-28(31)34-26-13-5-4-10-23(26)18-20-33(34)35/h1-22,36H. The number of nitrogens with one attached hydrogen (secondary N) is 1. The van der Waals surface area contributed by atoms with Crippen molar-refractivity contribution < 1.29 is 0 Å². The molecule has 168 valence electrons. The van der Waals surface area contributed by atoms with Crippen LogP contribution in [0.5, 0.6) is 0 Å². The van der Waals surface area contributed by atoms with Crippen LogP contribution < -0.4 is 5.32 Å². The maximum Gasteiger partial charge on any atom is 0.0725 e. The summed E-state index contributed by atoms with van der Waals surface area (Å²) in [4.78, 5) is 0. The molecule has 2 aliphatic rings. The molecular formula is C35H23N. The summed E-state index contributed by atoms with van der Waals surface area (Å²) in [5.41, 5.74) is 12.7. The molecule has 0 fully saturated rings. The van der Waals surface area contributed by atoms with E-state index in [1.54, 1.807) is 0 Å². The molecular weight excluding hydrogens is 434 g/mol. The van der Waals surface area contributed by atoms with E-state index < -0.39 is 0 Å². The van der Waals surface area contributed by atoms with Crippen LogP contribution in [0.2, 0.25) is 0 Å². The number of rotatable bonds is 2. The molecule has 0 heterocycles. The van der Waals surface area contributed by atoms with Gasteiger partial charge < -0.3 is 5.32 Å². The minimum atomic E-state index is -0.312. The second kappa shape index (κ2) is 7.19. The van der Waals surface area contributed by atoms with Crippen molar-refractivity contribution in [1.82, 2.24) is 0 Å². The average Bonchev–Trinajstić information content (AvgIpc) is 3.41. The van der Waals surface area contributed by atoms with Crippen LogP contribution in [0.25, 0.3) is 33.0 Å². The van der Waals surface area contributed by atoms with Crippen LogP contribution in [-0.4, -0.2) is 0 Å². The van der Waals surface area contributed by atoms with Crippen molar-refractivity contribution in [2.45, 2.75) is 5.41 Å². The summed E-state index contributed by atoms with van der Waals surface area (Å²) in [6, 6.07) is 48.8. The van der Waals surface area contributed by atoms with Crippen LogP contribution in [0.15, 0.2) is 133 Å². The molecule has 1 N–H and O–H groups in total. The molecule has 1 unspecified atom stereocenters. The Balaban J connectivity index is 1.46. The lowest BCUT2D eigenvalue weighted by atomic mass is 9.70. The van der Waals surface area contributed by atoms with E-state index in [4.69, 9.17) is 0 Å². The highest BCUT2D eigenvalue weighted by Gasteiger charge is 2.51. The zero-order valence-corrected chi connectivity index (χ0v) is 19.7. The largest absolute Gasteiger partial charge is 0.356 e. The van der Waals surface area contributed by atoms with E-state index in [0.29, 0.717) is 0 Å². The lowest BCUT2D eigenvalue weighted by Gasteiger charge is -2.30. The average molecular weight is 458 g/mol. The molecule has 1 nitrogen and oxygen atoms in total. The monoisotopic (exact) mass is 457 g/mol. The Morgan fingerprint density at radius 1 is 0.417 bits per heavy atom. The predicted molar refractivity (Wildman–Crippen MR) is 150 cm³/mol. The Hall–Kier alpha value is -4.62. The summed E-state index contributed by atoms with van der Waals surface area (Å²) in [5.74, 6) is 0. The third-order valence-electron chi connectivity index (χ3n) is 8.04. The van der Waals surface area contributed by atoms with E-state index >= 15 is 0 Å². The Morgan fingerprint density at radius 3 is 1.92 bits per heavy atom. The van der Waals surface area contributed by atoms with Gasteiger partial charge in [0.25, 0.3) is 0 Å². The Morgan fingerprint density at radius 2 is 1.06 bits per heavy atom. The van der Waals surface area contributed by atoms with Crippen molar-refractivity contribution in [3.63, 3.8) is 0 Å². The van der Waals surface area contributed by atoms with Crippen LogP contribution >= 0.6 is 0 Å². The van der Waals surface area contributed by atoms with Crippen LogP contribution in [0.4, 0.5) is 11.4 Å². The van der Waals surface area contributed by atoms with E-state index in [2.05, 4.69) is 133 Å². The molecule has 0 amide bonds. The summed E-state index contributed by atoms with van der Waals surface area (Å²) in [6.07, 6.45) is 0. The molecule has 36 heavy (non-hydrogen) atoms. The van der Waals surface area contributed by atoms with Crippen molar-refractivity contribution in [1.29, 1.82) is 0 Å². The fraction of sp³-hybridized carbons (Fsp3) is 0.0286. The zero-order valence-electron chi connectivity index (χ0n) is 19.7. The van der Waals surface area contributed by atoms with Gasteiger partial charge >= 0.3 is 0 Å².